The molecule has 0 saturated heterocycles. The monoisotopic (exact) mass is 207 g/mol. The number of hydrogen-bond acceptors (Lipinski definition) is 3. The van der Waals surface area contributed by atoms with Crippen LogP contribution in [0.3, 0.4) is 0 Å². The molecular formula is C12H17NO2. The molecular weight excluding hydrogens is 190 g/mol. The van der Waals surface area contributed by atoms with Gasteiger partial charge in [-0.25, -0.2) is 4.79 Å². The number of carbonyl (C=O) groups is 1. The summed E-state index contributed by atoms with van der Waals surface area (Å²) in [6, 6.07) is 0. The van der Waals surface area contributed by atoms with Crippen LogP contribution in [0, 0.1) is 5.41 Å². The molecule has 1 aliphatic heterocycles. The van der Waals surface area contributed by atoms with E-state index in [9.17, 15) is 4.79 Å². The third kappa shape index (κ3) is 2.01. The van der Waals surface area contributed by atoms with E-state index in [1.807, 2.05) is 0 Å². The first-order valence-corrected chi connectivity index (χ1v) is 5.22. The van der Waals surface area contributed by atoms with Gasteiger partial charge in [0.1, 0.15) is 5.41 Å². The summed E-state index contributed by atoms with van der Waals surface area (Å²) in [5.74, 6) is -0.272. The Hall–Kier alpha value is -1.38. The van der Waals surface area contributed by atoms with E-state index >= 15 is 0 Å². The first-order valence-electron chi connectivity index (χ1n) is 5.22. The molecule has 82 valence electrons. The number of nitrogens with zero attached hydrogens (tertiary/aromatic N) is 1. The minimum Gasteiger partial charge on any atom is -0.317 e. The minimum atomic E-state index is -0.625. The highest BCUT2D eigenvalue weighted by Gasteiger charge is 2.47. The maximum Gasteiger partial charge on any atom is 0.347 e. The van der Waals surface area contributed by atoms with Gasteiger partial charge in [0.25, 0.3) is 0 Å². The molecule has 0 aromatic heterocycles. The summed E-state index contributed by atoms with van der Waals surface area (Å²) in [6.45, 7) is 9.42. The highest BCUT2D eigenvalue weighted by molar-refractivity contribution is 6.09. The van der Waals surface area contributed by atoms with Crippen LogP contribution in [0.4, 0.5) is 0 Å². The normalized spacial score (nSPS) is 18.2. The van der Waals surface area contributed by atoms with Gasteiger partial charge in [0.05, 0.1) is 5.71 Å². The van der Waals surface area contributed by atoms with Gasteiger partial charge in [0.2, 0.25) is 0 Å². The van der Waals surface area contributed by atoms with Crippen molar-refractivity contribution in [3.63, 3.8) is 0 Å². The molecule has 0 unspecified atom stereocenters. The zero-order valence-electron chi connectivity index (χ0n) is 9.16. The van der Waals surface area contributed by atoms with Gasteiger partial charge in [0, 0.05) is 0 Å². The molecule has 3 nitrogen and oxygen atoms in total. The average molecular weight is 207 g/mol. The van der Waals surface area contributed by atoms with Crippen molar-refractivity contribution >= 4 is 11.7 Å². The summed E-state index contributed by atoms with van der Waals surface area (Å²) in [5, 5.41) is 3.87. The van der Waals surface area contributed by atoms with Crippen LogP contribution in [0.2, 0.25) is 0 Å². The van der Waals surface area contributed by atoms with E-state index in [4.69, 9.17) is 4.84 Å². The second-order valence-corrected chi connectivity index (χ2v) is 3.73. The summed E-state index contributed by atoms with van der Waals surface area (Å²) in [5.41, 5.74) is 0.203. The average Bonchev–Trinajstić information content (AvgIpc) is 2.49. The van der Waals surface area contributed by atoms with Crippen LogP contribution in [-0.4, -0.2) is 11.7 Å². The molecule has 0 atom stereocenters. The molecule has 0 aromatic carbocycles. The minimum absolute atomic E-state index is 0.272. The van der Waals surface area contributed by atoms with Gasteiger partial charge in [-0.1, -0.05) is 30.7 Å². The molecule has 0 bridgehead atoms. The van der Waals surface area contributed by atoms with Crippen LogP contribution >= 0.6 is 0 Å². The Morgan fingerprint density at radius 3 is 2.47 bits per heavy atom. The zero-order valence-corrected chi connectivity index (χ0v) is 9.16. The van der Waals surface area contributed by atoms with Gasteiger partial charge in [-0.2, -0.15) is 0 Å². The van der Waals surface area contributed by atoms with Crippen LogP contribution in [0.15, 0.2) is 30.5 Å². The third-order valence-corrected chi connectivity index (χ3v) is 2.65. The molecule has 0 saturated carbocycles. The molecule has 1 rings (SSSR count). The Bertz CT molecular complexity index is 295. The van der Waals surface area contributed by atoms with Gasteiger partial charge in [-0.3, -0.25) is 0 Å². The standard InChI is InChI=1S/C12H17NO2/c1-4-7-10-12(8-5-2,9-6-3)11(14)15-13-10/h5-6H,2-4,7-9H2,1H3. The zero-order chi connectivity index (χ0) is 11.3. The lowest BCUT2D eigenvalue weighted by molar-refractivity contribution is -0.148. The lowest BCUT2D eigenvalue weighted by atomic mass is 9.75. The van der Waals surface area contributed by atoms with Gasteiger partial charge >= 0.3 is 5.97 Å². The van der Waals surface area contributed by atoms with Gasteiger partial charge in [0.15, 0.2) is 0 Å². The van der Waals surface area contributed by atoms with Crippen molar-refractivity contribution in [2.75, 3.05) is 0 Å². The predicted octanol–water partition coefficient (Wildman–Crippen LogP) is 2.84. The van der Waals surface area contributed by atoms with Crippen molar-refractivity contribution in [2.45, 2.75) is 32.6 Å². The lowest BCUT2D eigenvalue weighted by Gasteiger charge is -2.23. The van der Waals surface area contributed by atoms with E-state index in [0.717, 1.165) is 18.6 Å². The van der Waals surface area contributed by atoms with Crippen LogP contribution in [-0.2, 0) is 9.63 Å². The Balaban J connectivity index is 2.99. The van der Waals surface area contributed by atoms with Crippen molar-refractivity contribution in [2.24, 2.45) is 10.6 Å². The summed E-state index contributed by atoms with van der Waals surface area (Å²) in [7, 11) is 0. The van der Waals surface area contributed by atoms with Gasteiger partial charge in [-0.05, 0) is 19.3 Å². The summed E-state index contributed by atoms with van der Waals surface area (Å²) >= 11 is 0. The molecule has 0 N–H and O–H groups in total. The third-order valence-electron chi connectivity index (χ3n) is 2.65. The van der Waals surface area contributed by atoms with Crippen molar-refractivity contribution in [3.05, 3.63) is 25.3 Å². The van der Waals surface area contributed by atoms with Crippen LogP contribution < -0.4 is 0 Å². The molecule has 0 radical (unpaired) electrons. The molecule has 0 spiro atoms. The smallest absolute Gasteiger partial charge is 0.317 e. The molecule has 0 amide bonds. The Morgan fingerprint density at radius 1 is 1.40 bits per heavy atom. The Morgan fingerprint density at radius 2 is 2.00 bits per heavy atom. The second kappa shape index (κ2) is 4.91. The summed E-state index contributed by atoms with van der Waals surface area (Å²) < 4.78 is 0. The highest BCUT2D eigenvalue weighted by atomic mass is 16.7. The van der Waals surface area contributed by atoms with Crippen LogP contribution in [0.25, 0.3) is 0 Å². The number of hydrogen-bond donors (Lipinski definition) is 0. The molecule has 3 heteroatoms. The second-order valence-electron chi connectivity index (χ2n) is 3.73. The van der Waals surface area contributed by atoms with Crippen molar-refractivity contribution < 1.29 is 9.63 Å². The number of carbonyl (C=O) groups excluding carboxylic acids is 1. The summed E-state index contributed by atoms with van der Waals surface area (Å²) in [4.78, 5) is 16.5. The Labute approximate surface area is 90.5 Å². The fraction of sp³-hybridized carbons (Fsp3) is 0.500. The van der Waals surface area contributed by atoms with E-state index in [1.165, 1.54) is 0 Å². The van der Waals surface area contributed by atoms with E-state index in [1.54, 1.807) is 12.2 Å². The maximum absolute atomic E-state index is 11.7. The number of allylic oxidation sites excluding steroid dienone is 2. The largest absolute Gasteiger partial charge is 0.347 e. The molecule has 0 fully saturated rings. The molecule has 1 aliphatic rings. The van der Waals surface area contributed by atoms with Gasteiger partial charge in [-0.15, -0.1) is 13.2 Å². The fourth-order valence-corrected chi connectivity index (χ4v) is 1.89. The topological polar surface area (TPSA) is 38.7 Å². The van der Waals surface area contributed by atoms with Crippen LogP contribution in [0.1, 0.15) is 32.6 Å². The van der Waals surface area contributed by atoms with Crippen molar-refractivity contribution in [3.8, 4) is 0 Å². The van der Waals surface area contributed by atoms with E-state index < -0.39 is 5.41 Å². The molecule has 0 aromatic rings. The predicted molar refractivity (Wildman–Crippen MR) is 60.5 cm³/mol. The van der Waals surface area contributed by atoms with E-state index in [0.29, 0.717) is 12.8 Å². The van der Waals surface area contributed by atoms with E-state index in [-0.39, 0.29) is 5.97 Å². The lowest BCUT2D eigenvalue weighted by Crippen LogP contribution is -2.34. The highest BCUT2D eigenvalue weighted by Crippen LogP contribution is 2.37. The van der Waals surface area contributed by atoms with Crippen molar-refractivity contribution in [1.82, 2.24) is 0 Å². The first-order chi connectivity index (χ1) is 7.21. The molecule has 1 heterocycles. The molecule has 15 heavy (non-hydrogen) atoms. The quantitative estimate of drug-likeness (QED) is 0.496. The number of oxime groups is 1. The van der Waals surface area contributed by atoms with Gasteiger partial charge < -0.3 is 4.84 Å². The van der Waals surface area contributed by atoms with E-state index in [2.05, 4.69) is 25.2 Å². The summed E-state index contributed by atoms with van der Waals surface area (Å²) in [6.07, 6.45) is 6.34. The Kier molecular flexibility index (Phi) is 3.83. The maximum atomic E-state index is 11.7. The first kappa shape index (κ1) is 11.7. The SMILES string of the molecule is C=CCC1(CC=C)C(=O)ON=C1CCC. The fourth-order valence-electron chi connectivity index (χ4n) is 1.89. The van der Waals surface area contributed by atoms with Crippen LogP contribution in [0.5, 0.6) is 0 Å². The number of rotatable bonds is 6. The molecule has 0 aliphatic carbocycles. The van der Waals surface area contributed by atoms with Crippen molar-refractivity contribution in [1.29, 1.82) is 0 Å².